The first-order valence-electron chi connectivity index (χ1n) is 6.19. The molecule has 0 aromatic heterocycles. The van der Waals surface area contributed by atoms with E-state index in [1.807, 2.05) is 0 Å². The molecule has 2 rings (SSSR count). The number of methoxy groups -OCH3 is 2. The average molecular weight is 235 g/mol. The molecule has 1 aliphatic carbocycles. The Kier molecular flexibility index (Phi) is 4.40. The van der Waals surface area contributed by atoms with Crippen LogP contribution in [0.2, 0.25) is 0 Å². The molecule has 0 radical (unpaired) electrons. The Labute approximate surface area is 103 Å². The lowest BCUT2D eigenvalue weighted by Crippen LogP contribution is -2.40. The highest BCUT2D eigenvalue weighted by Gasteiger charge is 2.28. The van der Waals surface area contributed by atoms with Crippen LogP contribution in [0.5, 0.6) is 0 Å². The first-order chi connectivity index (χ1) is 8.33. The zero-order chi connectivity index (χ0) is 12.1. The molecule has 1 aliphatic rings. The van der Waals surface area contributed by atoms with Crippen LogP contribution in [0.4, 0.5) is 5.69 Å². The van der Waals surface area contributed by atoms with Gasteiger partial charge in [0.15, 0.2) is 0 Å². The van der Waals surface area contributed by atoms with Crippen LogP contribution in [0.3, 0.4) is 0 Å². The maximum atomic E-state index is 5.29. The van der Waals surface area contributed by atoms with Gasteiger partial charge in [0.2, 0.25) is 0 Å². The van der Waals surface area contributed by atoms with Gasteiger partial charge in [0.25, 0.3) is 0 Å². The Morgan fingerprint density at radius 2 is 2.00 bits per heavy atom. The molecule has 0 spiro atoms. The lowest BCUT2D eigenvalue weighted by molar-refractivity contribution is 0.0328. The van der Waals surface area contributed by atoms with E-state index < -0.39 is 0 Å². The van der Waals surface area contributed by atoms with Gasteiger partial charge in [0.1, 0.15) is 0 Å². The molecule has 1 aromatic rings. The van der Waals surface area contributed by atoms with Crippen molar-refractivity contribution in [2.24, 2.45) is 0 Å². The number of nitrogens with one attached hydrogen (secondary N) is 1. The van der Waals surface area contributed by atoms with Crippen molar-refractivity contribution < 1.29 is 9.47 Å². The molecule has 0 amide bonds. The number of benzene rings is 1. The smallest absolute Gasteiger partial charge is 0.0610 e. The van der Waals surface area contributed by atoms with Crippen molar-refractivity contribution in [3.63, 3.8) is 0 Å². The second-order valence-electron chi connectivity index (χ2n) is 4.57. The molecule has 1 saturated carbocycles. The molecule has 17 heavy (non-hydrogen) atoms. The maximum Gasteiger partial charge on any atom is 0.0610 e. The molecule has 0 unspecified atom stereocenters. The quantitative estimate of drug-likeness (QED) is 0.821. The van der Waals surface area contributed by atoms with Crippen molar-refractivity contribution in [3.05, 3.63) is 29.8 Å². The largest absolute Gasteiger partial charge is 0.384 e. The predicted octanol–water partition coefficient (Wildman–Crippen LogP) is 2.46. The minimum atomic E-state index is 0.443. The number of anilines is 1. The lowest BCUT2D eigenvalue weighted by atomic mass is 9.89. The third kappa shape index (κ3) is 3.20. The van der Waals surface area contributed by atoms with Crippen LogP contribution in [0, 0.1) is 0 Å². The SMILES string of the molecule is COCCc1ccccc1NC1CC(OC)C1. The monoisotopic (exact) mass is 235 g/mol. The molecule has 1 fully saturated rings. The number of ether oxygens (including phenoxy) is 2. The van der Waals surface area contributed by atoms with Gasteiger partial charge in [-0.15, -0.1) is 0 Å². The van der Waals surface area contributed by atoms with Crippen LogP contribution in [0.15, 0.2) is 24.3 Å². The Hall–Kier alpha value is -1.06. The van der Waals surface area contributed by atoms with Crippen LogP contribution < -0.4 is 5.32 Å². The topological polar surface area (TPSA) is 30.5 Å². The molecule has 3 heteroatoms. The normalized spacial score (nSPS) is 23.2. The zero-order valence-corrected chi connectivity index (χ0v) is 10.6. The van der Waals surface area contributed by atoms with Gasteiger partial charge in [-0.2, -0.15) is 0 Å². The summed E-state index contributed by atoms with van der Waals surface area (Å²) in [6.07, 6.45) is 3.61. The van der Waals surface area contributed by atoms with Gasteiger partial charge in [0, 0.05) is 25.9 Å². The Balaban J connectivity index is 1.91. The minimum Gasteiger partial charge on any atom is -0.384 e. The Morgan fingerprint density at radius 3 is 2.71 bits per heavy atom. The van der Waals surface area contributed by atoms with Crippen molar-refractivity contribution in [3.8, 4) is 0 Å². The van der Waals surface area contributed by atoms with Gasteiger partial charge in [-0.1, -0.05) is 18.2 Å². The summed E-state index contributed by atoms with van der Waals surface area (Å²) in [5.74, 6) is 0. The van der Waals surface area contributed by atoms with Crippen LogP contribution in [-0.4, -0.2) is 33.0 Å². The molecule has 0 heterocycles. The second-order valence-corrected chi connectivity index (χ2v) is 4.57. The Morgan fingerprint density at radius 1 is 1.24 bits per heavy atom. The summed E-state index contributed by atoms with van der Waals surface area (Å²) in [6.45, 7) is 0.768. The zero-order valence-electron chi connectivity index (χ0n) is 10.6. The first-order valence-corrected chi connectivity index (χ1v) is 6.19. The van der Waals surface area contributed by atoms with Crippen molar-refractivity contribution in [2.45, 2.75) is 31.4 Å². The van der Waals surface area contributed by atoms with Crippen LogP contribution in [0.1, 0.15) is 18.4 Å². The third-order valence-corrected chi connectivity index (χ3v) is 3.38. The third-order valence-electron chi connectivity index (χ3n) is 3.38. The molecular weight excluding hydrogens is 214 g/mol. The molecule has 94 valence electrons. The summed E-state index contributed by atoms with van der Waals surface area (Å²) in [7, 11) is 3.53. The number of hydrogen-bond acceptors (Lipinski definition) is 3. The highest BCUT2D eigenvalue weighted by Crippen LogP contribution is 2.27. The summed E-state index contributed by atoms with van der Waals surface area (Å²) in [6, 6.07) is 9.02. The summed E-state index contributed by atoms with van der Waals surface area (Å²) in [5, 5.41) is 3.58. The highest BCUT2D eigenvalue weighted by atomic mass is 16.5. The number of hydrogen-bond donors (Lipinski definition) is 1. The van der Waals surface area contributed by atoms with E-state index in [2.05, 4.69) is 29.6 Å². The van der Waals surface area contributed by atoms with E-state index in [0.29, 0.717) is 12.1 Å². The van der Waals surface area contributed by atoms with Crippen molar-refractivity contribution in [2.75, 3.05) is 26.1 Å². The summed E-state index contributed by atoms with van der Waals surface area (Å²) in [5.41, 5.74) is 2.57. The van der Waals surface area contributed by atoms with E-state index in [4.69, 9.17) is 9.47 Å². The molecule has 1 aromatic carbocycles. The fraction of sp³-hybridized carbons (Fsp3) is 0.571. The van der Waals surface area contributed by atoms with Gasteiger partial charge < -0.3 is 14.8 Å². The molecular formula is C14H21NO2. The highest BCUT2D eigenvalue weighted by molar-refractivity contribution is 5.52. The van der Waals surface area contributed by atoms with Crippen LogP contribution >= 0.6 is 0 Å². The van der Waals surface area contributed by atoms with Gasteiger partial charge in [-0.05, 0) is 30.9 Å². The van der Waals surface area contributed by atoms with E-state index in [9.17, 15) is 0 Å². The van der Waals surface area contributed by atoms with Crippen molar-refractivity contribution in [1.82, 2.24) is 0 Å². The molecule has 1 N–H and O–H groups in total. The van der Waals surface area contributed by atoms with Crippen molar-refractivity contribution in [1.29, 1.82) is 0 Å². The van der Waals surface area contributed by atoms with E-state index in [0.717, 1.165) is 25.9 Å². The minimum absolute atomic E-state index is 0.443. The maximum absolute atomic E-state index is 5.29. The van der Waals surface area contributed by atoms with E-state index in [-0.39, 0.29) is 0 Å². The van der Waals surface area contributed by atoms with Gasteiger partial charge in [-0.3, -0.25) is 0 Å². The van der Waals surface area contributed by atoms with Gasteiger partial charge in [-0.25, -0.2) is 0 Å². The van der Waals surface area contributed by atoms with Crippen LogP contribution in [0.25, 0.3) is 0 Å². The van der Waals surface area contributed by atoms with Crippen LogP contribution in [-0.2, 0) is 15.9 Å². The molecule has 3 nitrogen and oxygen atoms in total. The second kappa shape index (κ2) is 6.03. The Bertz CT molecular complexity index is 348. The van der Waals surface area contributed by atoms with E-state index in [1.165, 1.54) is 11.3 Å². The number of rotatable bonds is 6. The number of para-hydroxylation sites is 1. The first kappa shape index (κ1) is 12.4. The average Bonchev–Trinajstić information content (AvgIpc) is 2.31. The van der Waals surface area contributed by atoms with E-state index >= 15 is 0 Å². The van der Waals surface area contributed by atoms with Gasteiger partial charge >= 0.3 is 0 Å². The predicted molar refractivity (Wildman–Crippen MR) is 69.5 cm³/mol. The van der Waals surface area contributed by atoms with E-state index in [1.54, 1.807) is 14.2 Å². The van der Waals surface area contributed by atoms with Gasteiger partial charge in [0.05, 0.1) is 12.7 Å². The fourth-order valence-corrected chi connectivity index (χ4v) is 2.19. The fourth-order valence-electron chi connectivity index (χ4n) is 2.19. The lowest BCUT2D eigenvalue weighted by Gasteiger charge is -2.35. The molecule has 0 aliphatic heterocycles. The summed E-state index contributed by atoms with van der Waals surface area (Å²) >= 11 is 0. The summed E-state index contributed by atoms with van der Waals surface area (Å²) in [4.78, 5) is 0. The molecule has 0 bridgehead atoms. The van der Waals surface area contributed by atoms with Crippen molar-refractivity contribution >= 4 is 5.69 Å². The summed E-state index contributed by atoms with van der Waals surface area (Å²) < 4.78 is 10.4. The standard InChI is InChI=1S/C14H21NO2/c1-16-8-7-11-5-3-4-6-14(11)15-12-9-13(10-12)17-2/h3-6,12-13,15H,7-10H2,1-2H3. The molecule has 0 atom stereocenters. The molecule has 0 saturated heterocycles.